The number of ketones is 1. The molecule has 0 unspecified atom stereocenters. The Kier molecular flexibility index (Phi) is 3.91. The van der Waals surface area contributed by atoms with Gasteiger partial charge in [-0.25, -0.2) is 0 Å². The summed E-state index contributed by atoms with van der Waals surface area (Å²) in [6.45, 7) is 7.64. The molecule has 3 nitrogen and oxygen atoms in total. The number of hydrogen-bond acceptors (Lipinski definition) is 3. The van der Waals surface area contributed by atoms with E-state index >= 15 is 0 Å². The van der Waals surface area contributed by atoms with Crippen LogP contribution in [0.15, 0.2) is 11.8 Å². The highest BCUT2D eigenvalue weighted by Gasteiger charge is 2.31. The maximum Gasteiger partial charge on any atom is 0.162 e. The first-order valence-corrected chi connectivity index (χ1v) is 5.47. The summed E-state index contributed by atoms with van der Waals surface area (Å²) in [6, 6.07) is 0. The number of allylic oxidation sites excluding steroid dienone is 2. The quantitative estimate of drug-likeness (QED) is 0.777. The Hall–Kier alpha value is -0.830. The number of rotatable bonds is 3. The van der Waals surface area contributed by atoms with Crippen LogP contribution < -0.4 is 0 Å². The molecule has 0 radical (unpaired) electrons. The summed E-state index contributed by atoms with van der Waals surface area (Å²) < 4.78 is 5.57. The maximum absolute atomic E-state index is 11.3. The van der Waals surface area contributed by atoms with Crippen LogP contribution in [0.2, 0.25) is 0 Å². The van der Waals surface area contributed by atoms with Crippen molar-refractivity contribution in [2.24, 2.45) is 11.8 Å². The third-order valence-electron chi connectivity index (χ3n) is 2.91. The Morgan fingerprint density at radius 3 is 2.53 bits per heavy atom. The van der Waals surface area contributed by atoms with Gasteiger partial charge in [-0.15, -0.1) is 0 Å². The van der Waals surface area contributed by atoms with Crippen molar-refractivity contribution < 1.29 is 14.6 Å². The molecule has 0 fully saturated rings. The Morgan fingerprint density at radius 1 is 1.47 bits per heavy atom. The molecule has 0 aromatic carbocycles. The minimum Gasteiger partial charge on any atom is -0.494 e. The molecule has 0 bridgehead atoms. The van der Waals surface area contributed by atoms with E-state index in [0.29, 0.717) is 12.2 Å². The second-order valence-corrected chi connectivity index (χ2v) is 4.68. The monoisotopic (exact) mass is 212 g/mol. The molecule has 0 saturated heterocycles. The Morgan fingerprint density at radius 2 is 2.07 bits per heavy atom. The SMILES string of the molecule is CC1=CC(=O)C[C@@H]([C@H](C)[C@H](O)C(C)C)O1. The zero-order valence-electron chi connectivity index (χ0n) is 9.86. The molecule has 0 spiro atoms. The number of aliphatic hydroxyl groups excluding tert-OH is 1. The normalized spacial score (nSPS) is 25.9. The van der Waals surface area contributed by atoms with E-state index in [1.54, 1.807) is 6.92 Å². The van der Waals surface area contributed by atoms with Crippen molar-refractivity contribution in [3.8, 4) is 0 Å². The summed E-state index contributed by atoms with van der Waals surface area (Å²) in [4.78, 5) is 11.3. The van der Waals surface area contributed by atoms with Gasteiger partial charge in [-0.05, 0) is 12.8 Å². The summed E-state index contributed by atoms with van der Waals surface area (Å²) in [5, 5.41) is 9.91. The van der Waals surface area contributed by atoms with E-state index in [9.17, 15) is 9.90 Å². The van der Waals surface area contributed by atoms with Crippen LogP contribution in [-0.2, 0) is 9.53 Å². The van der Waals surface area contributed by atoms with Crippen LogP contribution in [0.1, 0.15) is 34.1 Å². The summed E-state index contributed by atoms with van der Waals surface area (Å²) >= 11 is 0. The molecular formula is C12H20O3. The number of ether oxygens (including phenoxy) is 1. The highest BCUT2D eigenvalue weighted by Crippen LogP contribution is 2.25. The van der Waals surface area contributed by atoms with Crippen LogP contribution in [0.25, 0.3) is 0 Å². The van der Waals surface area contributed by atoms with E-state index in [4.69, 9.17) is 4.74 Å². The smallest absolute Gasteiger partial charge is 0.162 e. The molecule has 1 aliphatic heterocycles. The van der Waals surface area contributed by atoms with Crippen LogP contribution in [0.5, 0.6) is 0 Å². The van der Waals surface area contributed by atoms with Gasteiger partial charge in [0.15, 0.2) is 5.78 Å². The number of carbonyl (C=O) groups excluding carboxylic acids is 1. The molecule has 1 heterocycles. The third-order valence-corrected chi connectivity index (χ3v) is 2.91. The van der Waals surface area contributed by atoms with Crippen molar-refractivity contribution in [1.82, 2.24) is 0 Å². The van der Waals surface area contributed by atoms with Crippen LogP contribution in [0.4, 0.5) is 0 Å². The summed E-state index contributed by atoms with van der Waals surface area (Å²) in [5.74, 6) is 0.910. The largest absolute Gasteiger partial charge is 0.494 e. The molecule has 0 aromatic rings. The van der Waals surface area contributed by atoms with Crippen molar-refractivity contribution in [2.75, 3.05) is 0 Å². The lowest BCUT2D eigenvalue weighted by atomic mass is 9.87. The molecule has 1 aliphatic rings. The zero-order valence-corrected chi connectivity index (χ0v) is 9.86. The minimum absolute atomic E-state index is 0.0161. The Labute approximate surface area is 91.1 Å². The fourth-order valence-corrected chi connectivity index (χ4v) is 1.92. The predicted molar refractivity (Wildman–Crippen MR) is 58.3 cm³/mol. The highest BCUT2D eigenvalue weighted by molar-refractivity contribution is 5.91. The van der Waals surface area contributed by atoms with E-state index in [1.807, 2.05) is 20.8 Å². The molecule has 86 valence electrons. The summed E-state index contributed by atoms with van der Waals surface area (Å²) in [6.07, 6.45) is 1.29. The molecule has 0 aromatic heterocycles. The lowest BCUT2D eigenvalue weighted by Crippen LogP contribution is -2.37. The van der Waals surface area contributed by atoms with Crippen LogP contribution in [-0.4, -0.2) is 23.1 Å². The third kappa shape index (κ3) is 3.06. The van der Waals surface area contributed by atoms with Gasteiger partial charge in [0, 0.05) is 18.4 Å². The molecule has 3 heteroatoms. The van der Waals surface area contributed by atoms with Gasteiger partial charge in [0.05, 0.1) is 11.9 Å². The second kappa shape index (κ2) is 4.79. The van der Waals surface area contributed by atoms with Gasteiger partial charge in [-0.3, -0.25) is 4.79 Å². The first-order valence-electron chi connectivity index (χ1n) is 5.47. The first kappa shape index (κ1) is 12.2. The van der Waals surface area contributed by atoms with Crippen LogP contribution in [0, 0.1) is 11.8 Å². The fraction of sp³-hybridized carbons (Fsp3) is 0.750. The zero-order chi connectivity index (χ0) is 11.6. The van der Waals surface area contributed by atoms with Crippen molar-refractivity contribution in [2.45, 2.75) is 46.3 Å². The van der Waals surface area contributed by atoms with Crippen molar-refractivity contribution in [3.63, 3.8) is 0 Å². The average Bonchev–Trinajstić information content (AvgIpc) is 2.13. The molecule has 0 saturated carbocycles. The average molecular weight is 212 g/mol. The van der Waals surface area contributed by atoms with E-state index in [2.05, 4.69) is 0 Å². The molecule has 0 aliphatic carbocycles. The van der Waals surface area contributed by atoms with Gasteiger partial charge in [-0.2, -0.15) is 0 Å². The summed E-state index contributed by atoms with van der Waals surface area (Å²) in [5.41, 5.74) is 0. The minimum atomic E-state index is -0.423. The first-order chi connectivity index (χ1) is 6.91. The lowest BCUT2D eigenvalue weighted by molar-refractivity contribution is -0.121. The van der Waals surface area contributed by atoms with E-state index < -0.39 is 6.10 Å². The van der Waals surface area contributed by atoms with Crippen molar-refractivity contribution in [1.29, 1.82) is 0 Å². The van der Waals surface area contributed by atoms with Crippen molar-refractivity contribution in [3.05, 3.63) is 11.8 Å². The molecule has 1 N–H and O–H groups in total. The van der Waals surface area contributed by atoms with Crippen LogP contribution >= 0.6 is 0 Å². The maximum atomic E-state index is 11.3. The van der Waals surface area contributed by atoms with Gasteiger partial charge in [0.2, 0.25) is 0 Å². The van der Waals surface area contributed by atoms with E-state index in [-0.39, 0.29) is 23.7 Å². The van der Waals surface area contributed by atoms with Gasteiger partial charge in [0.25, 0.3) is 0 Å². The van der Waals surface area contributed by atoms with Crippen LogP contribution in [0.3, 0.4) is 0 Å². The topological polar surface area (TPSA) is 46.5 Å². The summed E-state index contributed by atoms with van der Waals surface area (Å²) in [7, 11) is 0. The van der Waals surface area contributed by atoms with E-state index in [0.717, 1.165) is 0 Å². The predicted octanol–water partition coefficient (Wildman–Crippen LogP) is 1.90. The Balaban J connectivity index is 2.65. The molecule has 1 rings (SSSR count). The fourth-order valence-electron chi connectivity index (χ4n) is 1.92. The van der Waals surface area contributed by atoms with Gasteiger partial charge >= 0.3 is 0 Å². The second-order valence-electron chi connectivity index (χ2n) is 4.68. The number of aliphatic hydroxyl groups is 1. The van der Waals surface area contributed by atoms with Gasteiger partial charge in [0.1, 0.15) is 6.10 Å². The highest BCUT2D eigenvalue weighted by atomic mass is 16.5. The lowest BCUT2D eigenvalue weighted by Gasteiger charge is -2.32. The Bertz CT molecular complexity index is 268. The molecule has 3 atom stereocenters. The van der Waals surface area contributed by atoms with Gasteiger partial charge < -0.3 is 9.84 Å². The van der Waals surface area contributed by atoms with E-state index in [1.165, 1.54) is 6.08 Å². The molecule has 0 amide bonds. The standard InChI is InChI=1S/C12H20O3/c1-7(2)12(14)9(4)11-6-10(13)5-8(3)15-11/h5,7,9,11-12,14H,6H2,1-4H3/t9-,11-,12+/m0/s1. The van der Waals surface area contributed by atoms with Gasteiger partial charge in [-0.1, -0.05) is 20.8 Å². The number of hydrogen-bond donors (Lipinski definition) is 1. The number of carbonyl (C=O) groups is 1. The van der Waals surface area contributed by atoms with Crippen molar-refractivity contribution >= 4 is 5.78 Å². The molecular weight excluding hydrogens is 192 g/mol. The molecule has 15 heavy (non-hydrogen) atoms.